The average Bonchev–Trinajstić information content (AvgIpc) is 2.84. The number of amides is 2. The predicted molar refractivity (Wildman–Crippen MR) is 127 cm³/mol. The molecule has 4 nitrogen and oxygen atoms in total. The smallest absolute Gasteiger partial charge is 0.228 e. The summed E-state index contributed by atoms with van der Waals surface area (Å²) in [4.78, 5) is 26.4. The first-order valence-corrected chi connectivity index (χ1v) is 11.1. The number of nitrogens with one attached hydrogen (secondary N) is 2. The van der Waals surface area contributed by atoms with E-state index in [1.165, 1.54) is 0 Å². The topological polar surface area (TPSA) is 58.2 Å². The van der Waals surface area contributed by atoms with Crippen molar-refractivity contribution in [2.24, 2.45) is 0 Å². The third-order valence-corrected chi connectivity index (χ3v) is 5.87. The van der Waals surface area contributed by atoms with Crippen LogP contribution in [0.25, 0.3) is 0 Å². The monoisotopic (exact) mass is 424 g/mol. The summed E-state index contributed by atoms with van der Waals surface area (Å²) in [7, 11) is 0. The molecule has 2 amide bonds. The maximum Gasteiger partial charge on any atom is 0.228 e. The second kappa shape index (κ2) is 10.6. The van der Waals surface area contributed by atoms with E-state index >= 15 is 0 Å². The first-order valence-electron chi connectivity index (χ1n) is 11.1. The van der Waals surface area contributed by atoms with Crippen LogP contribution >= 0.6 is 0 Å². The number of hydrogen-bond donors (Lipinski definition) is 2. The van der Waals surface area contributed by atoms with Crippen molar-refractivity contribution in [2.75, 3.05) is 0 Å². The van der Waals surface area contributed by atoms with Crippen molar-refractivity contribution in [3.05, 3.63) is 120 Å². The number of rotatable bonds is 3. The molecule has 32 heavy (non-hydrogen) atoms. The summed E-state index contributed by atoms with van der Waals surface area (Å²) in [5, 5.41) is 6.34. The molecule has 1 aliphatic heterocycles. The maximum atomic E-state index is 13.4. The fourth-order valence-corrected chi connectivity index (χ4v) is 4.15. The first kappa shape index (κ1) is 21.6. The van der Waals surface area contributed by atoms with Crippen molar-refractivity contribution in [1.82, 2.24) is 10.6 Å². The van der Waals surface area contributed by atoms with Crippen LogP contribution in [-0.2, 0) is 9.59 Å². The molecular formula is C28H28N2O2. The van der Waals surface area contributed by atoms with Crippen molar-refractivity contribution in [3.63, 3.8) is 0 Å². The lowest BCUT2D eigenvalue weighted by molar-refractivity contribution is -0.128. The van der Waals surface area contributed by atoms with Crippen LogP contribution in [0.15, 0.2) is 103 Å². The summed E-state index contributed by atoms with van der Waals surface area (Å²) < 4.78 is 0. The molecule has 1 heterocycles. The second-order valence-corrected chi connectivity index (χ2v) is 8.11. The van der Waals surface area contributed by atoms with Gasteiger partial charge < -0.3 is 10.6 Å². The van der Waals surface area contributed by atoms with Crippen LogP contribution in [0.3, 0.4) is 0 Å². The number of hydrogen-bond acceptors (Lipinski definition) is 2. The number of benzene rings is 3. The summed E-state index contributed by atoms with van der Waals surface area (Å²) in [5.41, 5.74) is 2.96. The molecule has 0 unspecified atom stereocenters. The van der Waals surface area contributed by atoms with Crippen LogP contribution in [-0.4, -0.2) is 11.8 Å². The van der Waals surface area contributed by atoms with E-state index in [1.807, 2.05) is 91.0 Å². The van der Waals surface area contributed by atoms with Gasteiger partial charge in [0.2, 0.25) is 11.8 Å². The van der Waals surface area contributed by atoms with Crippen LogP contribution in [0.5, 0.6) is 0 Å². The highest BCUT2D eigenvalue weighted by Crippen LogP contribution is 2.26. The lowest BCUT2D eigenvalue weighted by atomic mass is 9.92. The van der Waals surface area contributed by atoms with Gasteiger partial charge in [0.25, 0.3) is 0 Å². The molecule has 0 aliphatic carbocycles. The zero-order chi connectivity index (χ0) is 22.2. The third kappa shape index (κ3) is 5.52. The van der Waals surface area contributed by atoms with Gasteiger partial charge >= 0.3 is 0 Å². The Hall–Kier alpha value is -3.66. The van der Waals surface area contributed by atoms with Crippen molar-refractivity contribution in [1.29, 1.82) is 0 Å². The first-order chi connectivity index (χ1) is 15.7. The normalized spacial score (nSPS) is 23.2. The minimum absolute atomic E-state index is 0.102. The Kier molecular flexibility index (Phi) is 7.13. The highest BCUT2D eigenvalue weighted by molar-refractivity contribution is 5.90. The van der Waals surface area contributed by atoms with E-state index in [4.69, 9.17) is 0 Å². The molecule has 0 saturated heterocycles. The van der Waals surface area contributed by atoms with Gasteiger partial charge in [-0.3, -0.25) is 9.59 Å². The zero-order valence-corrected chi connectivity index (χ0v) is 18.0. The zero-order valence-electron chi connectivity index (χ0n) is 18.0. The highest BCUT2D eigenvalue weighted by Gasteiger charge is 2.27. The maximum absolute atomic E-state index is 13.4. The van der Waals surface area contributed by atoms with E-state index in [-0.39, 0.29) is 30.3 Å². The summed E-state index contributed by atoms with van der Waals surface area (Å²) in [6.45, 7) is 0. The number of carbonyl (C=O) groups is 2. The molecule has 4 heteroatoms. The van der Waals surface area contributed by atoms with Crippen LogP contribution < -0.4 is 10.6 Å². The van der Waals surface area contributed by atoms with Crippen molar-refractivity contribution >= 4 is 11.8 Å². The molecule has 0 bridgehead atoms. The molecule has 0 aromatic heterocycles. The van der Waals surface area contributed by atoms with E-state index in [1.54, 1.807) is 0 Å². The Balaban J connectivity index is 1.67. The largest absolute Gasteiger partial charge is 0.349 e. The van der Waals surface area contributed by atoms with Gasteiger partial charge in [0.05, 0.1) is 18.0 Å². The van der Waals surface area contributed by atoms with Crippen LogP contribution in [0.1, 0.15) is 54.0 Å². The minimum atomic E-state index is -0.553. The Morgan fingerprint density at radius 3 is 1.50 bits per heavy atom. The molecular weight excluding hydrogens is 396 g/mol. The summed E-state index contributed by atoms with van der Waals surface area (Å²) in [6.07, 6.45) is 5.67. The molecule has 3 atom stereocenters. The summed E-state index contributed by atoms with van der Waals surface area (Å²) >= 11 is 0. The van der Waals surface area contributed by atoms with Gasteiger partial charge in [-0.2, -0.15) is 0 Å². The van der Waals surface area contributed by atoms with E-state index < -0.39 is 5.92 Å². The molecule has 0 radical (unpaired) electrons. The minimum Gasteiger partial charge on any atom is -0.349 e. The van der Waals surface area contributed by atoms with Crippen LogP contribution in [0, 0.1) is 0 Å². The molecule has 162 valence electrons. The van der Waals surface area contributed by atoms with Gasteiger partial charge in [-0.05, 0) is 29.5 Å². The van der Waals surface area contributed by atoms with Gasteiger partial charge in [0, 0.05) is 6.42 Å². The third-order valence-electron chi connectivity index (χ3n) is 5.87. The van der Waals surface area contributed by atoms with Gasteiger partial charge in [-0.1, -0.05) is 103 Å². The SMILES string of the molecule is O=C1C[C@@H](c2ccccc2)C(=O)N[C@@H](c2ccccc2)C/C=C\C[C@@H](c2ccccc2)N1. The molecule has 2 N–H and O–H groups in total. The van der Waals surface area contributed by atoms with Crippen LogP contribution in [0.2, 0.25) is 0 Å². The van der Waals surface area contributed by atoms with Gasteiger partial charge in [0.1, 0.15) is 0 Å². The fraction of sp³-hybridized carbons (Fsp3) is 0.214. The lowest BCUT2D eigenvalue weighted by Gasteiger charge is -2.25. The predicted octanol–water partition coefficient (Wildman–Crippen LogP) is 5.23. The molecule has 4 rings (SSSR count). The number of carbonyl (C=O) groups excluding carboxylic acids is 2. The molecule has 0 fully saturated rings. The van der Waals surface area contributed by atoms with Crippen molar-refractivity contribution in [2.45, 2.75) is 37.3 Å². The molecule has 1 aliphatic rings. The van der Waals surface area contributed by atoms with Gasteiger partial charge in [-0.15, -0.1) is 0 Å². The Bertz CT molecular complexity index is 1050. The van der Waals surface area contributed by atoms with Crippen molar-refractivity contribution < 1.29 is 9.59 Å². The van der Waals surface area contributed by atoms with E-state index in [0.717, 1.165) is 16.7 Å². The highest BCUT2D eigenvalue weighted by atomic mass is 16.2. The summed E-state index contributed by atoms with van der Waals surface area (Å²) in [6, 6.07) is 29.2. The Labute approximate surface area is 189 Å². The van der Waals surface area contributed by atoms with E-state index in [9.17, 15) is 9.59 Å². The van der Waals surface area contributed by atoms with E-state index in [2.05, 4.69) is 22.8 Å². The molecule has 0 spiro atoms. The van der Waals surface area contributed by atoms with Crippen molar-refractivity contribution in [3.8, 4) is 0 Å². The quantitative estimate of drug-likeness (QED) is 0.566. The Morgan fingerprint density at radius 2 is 1.00 bits per heavy atom. The molecule has 3 aromatic rings. The molecule has 0 saturated carbocycles. The fourth-order valence-electron chi connectivity index (χ4n) is 4.15. The second-order valence-electron chi connectivity index (χ2n) is 8.11. The standard InChI is InChI=1S/C28H28N2O2/c31-27-20-24(21-12-4-1-5-13-21)28(32)30-26(23-16-8-3-9-17-23)19-11-10-18-25(29-27)22-14-6-2-7-15-22/h1-17,24-26H,18-20H2,(H,29,31)(H,30,32)/b11-10-/t24-,25-,26+/m0/s1. The summed E-state index contributed by atoms with van der Waals surface area (Å²) in [5.74, 6) is -0.819. The van der Waals surface area contributed by atoms with E-state index in [0.29, 0.717) is 12.8 Å². The van der Waals surface area contributed by atoms with Gasteiger partial charge in [-0.25, -0.2) is 0 Å². The Morgan fingerprint density at radius 1 is 0.562 bits per heavy atom. The molecule has 3 aromatic carbocycles. The van der Waals surface area contributed by atoms with Crippen LogP contribution in [0.4, 0.5) is 0 Å². The average molecular weight is 425 g/mol. The lowest BCUT2D eigenvalue weighted by Crippen LogP contribution is -2.37. The van der Waals surface area contributed by atoms with Gasteiger partial charge in [0.15, 0.2) is 0 Å².